The summed E-state index contributed by atoms with van der Waals surface area (Å²) in [4.78, 5) is 11.2. The van der Waals surface area contributed by atoms with Crippen molar-refractivity contribution in [3.05, 3.63) is 12.3 Å². The van der Waals surface area contributed by atoms with Gasteiger partial charge in [-0.3, -0.25) is 0 Å². The number of rotatable bonds is 4. The zero-order valence-electron chi connectivity index (χ0n) is 11.7. The Kier molecular flexibility index (Phi) is 4.39. The fourth-order valence-electron chi connectivity index (χ4n) is 2.56. The molecular formula is C14H24N4. The summed E-state index contributed by atoms with van der Waals surface area (Å²) in [7, 11) is 0. The van der Waals surface area contributed by atoms with Crippen LogP contribution in [-0.4, -0.2) is 29.6 Å². The maximum absolute atomic E-state index is 4.56. The Labute approximate surface area is 110 Å². The van der Waals surface area contributed by atoms with E-state index in [2.05, 4.69) is 41.0 Å². The third kappa shape index (κ3) is 3.12. The van der Waals surface area contributed by atoms with Crippen LogP contribution in [0.5, 0.6) is 0 Å². The molecule has 2 rings (SSSR count). The molecule has 0 radical (unpaired) electrons. The zero-order chi connectivity index (χ0) is 13.0. The molecule has 0 unspecified atom stereocenters. The van der Waals surface area contributed by atoms with Crippen LogP contribution < -0.4 is 10.2 Å². The van der Waals surface area contributed by atoms with Gasteiger partial charge in [-0.2, -0.15) is 4.98 Å². The van der Waals surface area contributed by atoms with Gasteiger partial charge in [0.15, 0.2) is 0 Å². The summed E-state index contributed by atoms with van der Waals surface area (Å²) >= 11 is 0. The van der Waals surface area contributed by atoms with Crippen LogP contribution >= 0.6 is 0 Å². The van der Waals surface area contributed by atoms with Gasteiger partial charge in [-0.25, -0.2) is 4.98 Å². The minimum atomic E-state index is 0.737. The Balaban J connectivity index is 1.98. The summed E-state index contributed by atoms with van der Waals surface area (Å²) in [6.45, 7) is 9.81. The number of nitrogens with one attached hydrogen (secondary N) is 1. The summed E-state index contributed by atoms with van der Waals surface area (Å²) in [5.74, 6) is 3.47. The molecule has 1 N–H and O–H groups in total. The highest BCUT2D eigenvalue weighted by Gasteiger charge is 2.22. The minimum absolute atomic E-state index is 0.737. The fourth-order valence-corrected chi connectivity index (χ4v) is 2.56. The SMILES string of the molecule is CCNc1nccc(N2CCC(C(C)C)CC2)n1. The Hall–Kier alpha value is -1.32. The lowest BCUT2D eigenvalue weighted by Crippen LogP contribution is -2.35. The van der Waals surface area contributed by atoms with E-state index in [1.54, 1.807) is 0 Å². The molecule has 2 heterocycles. The lowest BCUT2D eigenvalue weighted by molar-refractivity contribution is 0.310. The molecule has 4 nitrogen and oxygen atoms in total. The van der Waals surface area contributed by atoms with E-state index in [-0.39, 0.29) is 0 Å². The van der Waals surface area contributed by atoms with Crippen LogP contribution in [0, 0.1) is 11.8 Å². The summed E-state index contributed by atoms with van der Waals surface area (Å²) in [6.07, 6.45) is 4.39. The number of nitrogens with zero attached hydrogens (tertiary/aromatic N) is 3. The predicted molar refractivity (Wildman–Crippen MR) is 76.0 cm³/mol. The largest absolute Gasteiger partial charge is 0.356 e. The molecule has 100 valence electrons. The van der Waals surface area contributed by atoms with Crippen molar-refractivity contribution in [3.63, 3.8) is 0 Å². The van der Waals surface area contributed by atoms with Gasteiger partial charge in [-0.05, 0) is 37.7 Å². The van der Waals surface area contributed by atoms with Gasteiger partial charge < -0.3 is 10.2 Å². The van der Waals surface area contributed by atoms with Gasteiger partial charge in [0.25, 0.3) is 0 Å². The number of hydrogen-bond donors (Lipinski definition) is 1. The van der Waals surface area contributed by atoms with Gasteiger partial charge in [0, 0.05) is 25.8 Å². The molecule has 1 fully saturated rings. The first-order valence-corrected chi connectivity index (χ1v) is 7.02. The van der Waals surface area contributed by atoms with Gasteiger partial charge in [0.2, 0.25) is 5.95 Å². The smallest absolute Gasteiger partial charge is 0.224 e. The summed E-state index contributed by atoms with van der Waals surface area (Å²) in [6, 6.07) is 2.01. The second-order valence-corrected chi connectivity index (χ2v) is 5.34. The molecule has 1 aliphatic rings. The first-order valence-electron chi connectivity index (χ1n) is 7.02. The Bertz CT molecular complexity index is 370. The van der Waals surface area contributed by atoms with Crippen molar-refractivity contribution in [2.75, 3.05) is 29.9 Å². The summed E-state index contributed by atoms with van der Waals surface area (Å²) in [5.41, 5.74) is 0. The van der Waals surface area contributed by atoms with Crippen LogP contribution in [0.3, 0.4) is 0 Å². The third-order valence-electron chi connectivity index (χ3n) is 3.78. The second kappa shape index (κ2) is 6.03. The van der Waals surface area contributed by atoms with E-state index in [0.717, 1.165) is 43.2 Å². The molecule has 0 bridgehead atoms. The lowest BCUT2D eigenvalue weighted by Gasteiger charge is -2.34. The van der Waals surface area contributed by atoms with Crippen molar-refractivity contribution in [3.8, 4) is 0 Å². The van der Waals surface area contributed by atoms with E-state index < -0.39 is 0 Å². The first-order chi connectivity index (χ1) is 8.70. The van der Waals surface area contributed by atoms with Crippen molar-refractivity contribution < 1.29 is 0 Å². The maximum Gasteiger partial charge on any atom is 0.224 e. The molecule has 1 aliphatic heterocycles. The van der Waals surface area contributed by atoms with Crippen LogP contribution in [0.1, 0.15) is 33.6 Å². The molecule has 0 saturated carbocycles. The van der Waals surface area contributed by atoms with E-state index in [4.69, 9.17) is 0 Å². The van der Waals surface area contributed by atoms with E-state index in [9.17, 15) is 0 Å². The Morgan fingerprint density at radius 3 is 2.72 bits per heavy atom. The molecule has 0 aliphatic carbocycles. The van der Waals surface area contributed by atoms with Crippen molar-refractivity contribution >= 4 is 11.8 Å². The Morgan fingerprint density at radius 2 is 2.11 bits per heavy atom. The van der Waals surface area contributed by atoms with Crippen LogP contribution in [-0.2, 0) is 0 Å². The highest BCUT2D eigenvalue weighted by Crippen LogP contribution is 2.26. The van der Waals surface area contributed by atoms with Crippen LogP contribution in [0.2, 0.25) is 0 Å². The summed E-state index contributed by atoms with van der Waals surface area (Å²) < 4.78 is 0. The molecule has 0 spiro atoms. The van der Waals surface area contributed by atoms with E-state index in [1.807, 2.05) is 12.3 Å². The van der Waals surface area contributed by atoms with E-state index >= 15 is 0 Å². The van der Waals surface area contributed by atoms with Gasteiger partial charge in [-0.1, -0.05) is 13.8 Å². The predicted octanol–water partition coefficient (Wildman–Crippen LogP) is 2.78. The van der Waals surface area contributed by atoms with Crippen LogP contribution in [0.4, 0.5) is 11.8 Å². The van der Waals surface area contributed by atoms with Crippen molar-refractivity contribution in [1.82, 2.24) is 9.97 Å². The van der Waals surface area contributed by atoms with E-state index in [1.165, 1.54) is 12.8 Å². The van der Waals surface area contributed by atoms with Crippen LogP contribution in [0.25, 0.3) is 0 Å². The highest BCUT2D eigenvalue weighted by molar-refractivity contribution is 5.42. The molecule has 18 heavy (non-hydrogen) atoms. The van der Waals surface area contributed by atoms with Crippen molar-refractivity contribution in [2.45, 2.75) is 33.6 Å². The number of hydrogen-bond acceptors (Lipinski definition) is 4. The minimum Gasteiger partial charge on any atom is -0.356 e. The van der Waals surface area contributed by atoms with Crippen molar-refractivity contribution in [2.24, 2.45) is 11.8 Å². The zero-order valence-corrected chi connectivity index (χ0v) is 11.7. The average Bonchev–Trinajstić information content (AvgIpc) is 2.39. The van der Waals surface area contributed by atoms with Gasteiger partial charge in [0.1, 0.15) is 5.82 Å². The molecular weight excluding hydrogens is 224 g/mol. The number of piperidine rings is 1. The molecule has 1 aromatic heterocycles. The maximum atomic E-state index is 4.56. The van der Waals surface area contributed by atoms with Crippen molar-refractivity contribution in [1.29, 1.82) is 0 Å². The van der Waals surface area contributed by atoms with Gasteiger partial charge in [-0.15, -0.1) is 0 Å². The van der Waals surface area contributed by atoms with Crippen LogP contribution in [0.15, 0.2) is 12.3 Å². The third-order valence-corrected chi connectivity index (χ3v) is 3.78. The molecule has 1 aromatic rings. The standard InChI is InChI=1S/C14H24N4/c1-4-15-14-16-8-5-13(17-14)18-9-6-12(7-10-18)11(2)3/h5,8,11-12H,4,6-7,9-10H2,1-3H3,(H,15,16,17). The van der Waals surface area contributed by atoms with Gasteiger partial charge >= 0.3 is 0 Å². The fraction of sp³-hybridized carbons (Fsp3) is 0.714. The average molecular weight is 248 g/mol. The summed E-state index contributed by atoms with van der Waals surface area (Å²) in [5, 5.41) is 3.17. The molecule has 4 heteroatoms. The normalized spacial score (nSPS) is 17.2. The molecule has 0 aromatic carbocycles. The van der Waals surface area contributed by atoms with E-state index in [0.29, 0.717) is 0 Å². The monoisotopic (exact) mass is 248 g/mol. The Morgan fingerprint density at radius 1 is 1.39 bits per heavy atom. The lowest BCUT2D eigenvalue weighted by atomic mass is 9.87. The molecule has 0 atom stereocenters. The first kappa shape index (κ1) is 13.1. The topological polar surface area (TPSA) is 41.1 Å². The highest BCUT2D eigenvalue weighted by atomic mass is 15.2. The number of anilines is 2. The molecule has 0 amide bonds. The second-order valence-electron chi connectivity index (χ2n) is 5.34. The number of aromatic nitrogens is 2. The quantitative estimate of drug-likeness (QED) is 0.889. The molecule has 1 saturated heterocycles. The van der Waals surface area contributed by atoms with Gasteiger partial charge in [0.05, 0.1) is 0 Å².